The molecule has 1 N–H and O–H groups in total. The second-order valence-electron chi connectivity index (χ2n) is 5.09. The highest BCUT2D eigenvalue weighted by Crippen LogP contribution is 2.21. The topological polar surface area (TPSA) is 102 Å². The molecule has 0 amide bonds. The third kappa shape index (κ3) is 2.32. The first-order chi connectivity index (χ1) is 10.1. The molecule has 1 aromatic heterocycles. The number of hydrogen-bond acceptors (Lipinski definition) is 4. The van der Waals surface area contributed by atoms with Crippen molar-refractivity contribution in [2.45, 2.75) is 17.9 Å². The number of imidazole rings is 1. The zero-order chi connectivity index (χ0) is 16.8. The number of likely N-dealkylation sites (N-methyl/N-ethyl adjacent to an activating group) is 1. The van der Waals surface area contributed by atoms with Gasteiger partial charge < -0.3 is 5.11 Å². The lowest BCUT2D eigenvalue weighted by Gasteiger charge is -2.21. The molecule has 0 aliphatic rings. The van der Waals surface area contributed by atoms with E-state index in [2.05, 4.69) is 0 Å². The summed E-state index contributed by atoms with van der Waals surface area (Å²) in [6, 6.07) is 3.07. The number of hydrogen-bond donors (Lipinski definition) is 1. The average molecular weight is 327 g/mol. The summed E-state index contributed by atoms with van der Waals surface area (Å²) in [5, 5.41) is 8.96. The van der Waals surface area contributed by atoms with Gasteiger partial charge in [0.05, 0.1) is 15.9 Å². The molecule has 9 heteroatoms. The number of fused-ring (bicyclic) bond motifs is 1. The first kappa shape index (κ1) is 16.2. The quantitative estimate of drug-likeness (QED) is 0.850. The summed E-state index contributed by atoms with van der Waals surface area (Å²) in [6.45, 7) is 1.29. The minimum atomic E-state index is -3.97. The summed E-state index contributed by atoms with van der Waals surface area (Å²) in [6.07, 6.45) is 0. The molecule has 2 rings (SSSR count). The van der Waals surface area contributed by atoms with Gasteiger partial charge in [0.25, 0.3) is 0 Å². The SMILES string of the molecule is C[C@@H](C(=O)O)N(C)S(=O)(=O)c1ccc2c(c1)n(C)c(=O)n2C. The second-order valence-corrected chi connectivity index (χ2v) is 7.08. The molecule has 1 atom stereocenters. The standard InChI is InChI=1S/C13H17N3O5S/c1-8(12(17)18)16(4)22(20,21)9-5-6-10-11(7-9)15(3)13(19)14(10)2/h5-8H,1-4H3,(H,17,18)/t8-/m0/s1. The van der Waals surface area contributed by atoms with E-state index in [1.165, 1.54) is 41.3 Å². The molecule has 1 aromatic carbocycles. The average Bonchev–Trinajstić information content (AvgIpc) is 2.70. The molecule has 0 spiro atoms. The Kier molecular flexibility index (Phi) is 3.88. The molecular formula is C13H17N3O5S. The van der Waals surface area contributed by atoms with Crippen LogP contribution in [0.5, 0.6) is 0 Å². The van der Waals surface area contributed by atoms with Crippen LogP contribution in [0.4, 0.5) is 0 Å². The minimum Gasteiger partial charge on any atom is -0.480 e. The molecule has 8 nitrogen and oxygen atoms in total. The van der Waals surface area contributed by atoms with Crippen molar-refractivity contribution in [3.05, 3.63) is 28.7 Å². The van der Waals surface area contributed by atoms with Gasteiger partial charge in [-0.15, -0.1) is 0 Å². The fourth-order valence-electron chi connectivity index (χ4n) is 2.18. The lowest BCUT2D eigenvalue weighted by molar-refractivity contribution is -0.140. The number of aromatic nitrogens is 2. The van der Waals surface area contributed by atoms with E-state index in [0.29, 0.717) is 11.0 Å². The smallest absolute Gasteiger partial charge is 0.328 e. The molecule has 0 radical (unpaired) electrons. The van der Waals surface area contributed by atoms with Crippen LogP contribution in [0.3, 0.4) is 0 Å². The van der Waals surface area contributed by atoms with Crippen LogP contribution in [-0.4, -0.2) is 46.0 Å². The Morgan fingerprint density at radius 3 is 2.32 bits per heavy atom. The van der Waals surface area contributed by atoms with Crippen molar-refractivity contribution in [3.63, 3.8) is 0 Å². The number of carbonyl (C=O) groups is 1. The zero-order valence-electron chi connectivity index (χ0n) is 12.6. The summed E-state index contributed by atoms with van der Waals surface area (Å²) in [5.74, 6) is -1.24. The van der Waals surface area contributed by atoms with Crippen molar-refractivity contribution in [1.29, 1.82) is 0 Å². The van der Waals surface area contributed by atoms with E-state index in [-0.39, 0.29) is 10.6 Å². The Balaban J connectivity index is 2.62. The number of aryl methyl sites for hydroxylation is 2. The Hall–Kier alpha value is -2.13. The van der Waals surface area contributed by atoms with Crippen LogP contribution >= 0.6 is 0 Å². The van der Waals surface area contributed by atoms with Gasteiger partial charge in [-0.3, -0.25) is 13.9 Å². The van der Waals surface area contributed by atoms with E-state index in [9.17, 15) is 18.0 Å². The number of sulfonamides is 1. The highest BCUT2D eigenvalue weighted by Gasteiger charge is 2.29. The van der Waals surface area contributed by atoms with Crippen LogP contribution in [-0.2, 0) is 28.9 Å². The van der Waals surface area contributed by atoms with Crippen molar-refractivity contribution < 1.29 is 18.3 Å². The van der Waals surface area contributed by atoms with Crippen molar-refractivity contribution >= 4 is 27.0 Å². The Morgan fingerprint density at radius 1 is 1.23 bits per heavy atom. The summed E-state index contributed by atoms with van der Waals surface area (Å²) in [5.41, 5.74) is 0.794. The predicted molar refractivity (Wildman–Crippen MR) is 80.2 cm³/mol. The number of benzene rings is 1. The lowest BCUT2D eigenvalue weighted by atomic mass is 10.3. The Labute approximate surface area is 127 Å². The van der Waals surface area contributed by atoms with Crippen molar-refractivity contribution in [2.75, 3.05) is 7.05 Å². The van der Waals surface area contributed by atoms with Gasteiger partial charge in [0.15, 0.2) is 0 Å². The largest absolute Gasteiger partial charge is 0.480 e. The van der Waals surface area contributed by atoms with E-state index in [4.69, 9.17) is 5.11 Å². The van der Waals surface area contributed by atoms with Gasteiger partial charge in [0.1, 0.15) is 6.04 Å². The van der Waals surface area contributed by atoms with E-state index < -0.39 is 22.0 Å². The van der Waals surface area contributed by atoms with Gasteiger partial charge in [0, 0.05) is 21.1 Å². The zero-order valence-corrected chi connectivity index (χ0v) is 13.5. The summed E-state index contributed by atoms with van der Waals surface area (Å²) in [4.78, 5) is 22.8. The third-order valence-corrected chi connectivity index (χ3v) is 5.75. The Morgan fingerprint density at radius 2 is 1.77 bits per heavy atom. The van der Waals surface area contributed by atoms with Crippen LogP contribution in [0.15, 0.2) is 27.9 Å². The fraction of sp³-hybridized carbons (Fsp3) is 0.385. The maximum atomic E-state index is 12.5. The number of aliphatic carboxylic acids is 1. The number of rotatable bonds is 4. The molecular weight excluding hydrogens is 310 g/mol. The molecule has 0 fully saturated rings. The molecule has 0 aliphatic heterocycles. The lowest BCUT2D eigenvalue weighted by Crippen LogP contribution is -2.40. The first-order valence-electron chi connectivity index (χ1n) is 6.45. The molecule has 0 unspecified atom stereocenters. The van der Waals surface area contributed by atoms with E-state index >= 15 is 0 Å². The molecule has 0 saturated carbocycles. The van der Waals surface area contributed by atoms with Crippen LogP contribution < -0.4 is 5.69 Å². The van der Waals surface area contributed by atoms with Gasteiger partial charge in [-0.2, -0.15) is 4.31 Å². The molecule has 22 heavy (non-hydrogen) atoms. The molecule has 2 aromatic rings. The van der Waals surface area contributed by atoms with Crippen molar-refractivity contribution in [2.24, 2.45) is 14.1 Å². The number of carboxylic acid groups (broad SMARTS) is 1. The van der Waals surface area contributed by atoms with Crippen molar-refractivity contribution in [1.82, 2.24) is 13.4 Å². The highest BCUT2D eigenvalue weighted by molar-refractivity contribution is 7.89. The summed E-state index contributed by atoms with van der Waals surface area (Å²) in [7, 11) is 0.384. The van der Waals surface area contributed by atoms with E-state index in [1.54, 1.807) is 14.1 Å². The van der Waals surface area contributed by atoms with Gasteiger partial charge in [0.2, 0.25) is 10.0 Å². The van der Waals surface area contributed by atoms with Crippen LogP contribution in [0.2, 0.25) is 0 Å². The molecule has 0 saturated heterocycles. The molecule has 120 valence electrons. The maximum absolute atomic E-state index is 12.5. The summed E-state index contributed by atoms with van der Waals surface area (Å²) >= 11 is 0. The maximum Gasteiger partial charge on any atom is 0.328 e. The predicted octanol–water partition coefficient (Wildman–Crippen LogP) is -0.0294. The molecule has 0 aliphatic carbocycles. The monoisotopic (exact) mass is 327 g/mol. The minimum absolute atomic E-state index is 0.0585. The van der Waals surface area contributed by atoms with Crippen LogP contribution in [0.25, 0.3) is 11.0 Å². The normalized spacial score (nSPS) is 13.7. The Bertz CT molecular complexity index is 910. The van der Waals surface area contributed by atoms with Gasteiger partial charge in [-0.1, -0.05) is 0 Å². The second kappa shape index (κ2) is 5.25. The third-order valence-electron chi connectivity index (χ3n) is 3.82. The highest BCUT2D eigenvalue weighted by atomic mass is 32.2. The van der Waals surface area contributed by atoms with Crippen LogP contribution in [0, 0.1) is 0 Å². The fourth-order valence-corrected chi connectivity index (χ4v) is 3.52. The van der Waals surface area contributed by atoms with Crippen molar-refractivity contribution in [3.8, 4) is 0 Å². The summed E-state index contributed by atoms with van der Waals surface area (Å²) < 4.78 is 28.5. The van der Waals surface area contributed by atoms with Crippen LogP contribution in [0.1, 0.15) is 6.92 Å². The van der Waals surface area contributed by atoms with E-state index in [1.807, 2.05) is 0 Å². The van der Waals surface area contributed by atoms with Gasteiger partial charge >= 0.3 is 11.7 Å². The molecule has 1 heterocycles. The van der Waals surface area contributed by atoms with Gasteiger partial charge in [-0.25, -0.2) is 13.2 Å². The molecule has 0 bridgehead atoms. The van der Waals surface area contributed by atoms with Gasteiger partial charge in [-0.05, 0) is 25.1 Å². The number of carboxylic acids is 1. The first-order valence-corrected chi connectivity index (χ1v) is 7.89. The van der Waals surface area contributed by atoms with E-state index in [0.717, 1.165) is 4.31 Å². The number of nitrogens with zero attached hydrogens (tertiary/aromatic N) is 3.